The van der Waals surface area contributed by atoms with Crippen LogP contribution in [0.4, 0.5) is 0 Å². The highest BCUT2D eigenvalue weighted by Gasteiger charge is 2.18. The zero-order valence-corrected chi connectivity index (χ0v) is 10.6. The van der Waals surface area contributed by atoms with Crippen molar-refractivity contribution in [3.63, 3.8) is 0 Å². The van der Waals surface area contributed by atoms with Crippen LogP contribution in [0.3, 0.4) is 0 Å². The van der Waals surface area contributed by atoms with Crippen molar-refractivity contribution < 1.29 is 14.7 Å². The Hall–Kier alpha value is -2.11. The Kier molecular flexibility index (Phi) is 4.65. The lowest BCUT2D eigenvalue weighted by molar-refractivity contribution is -0.143. The summed E-state index contributed by atoms with van der Waals surface area (Å²) in [5.74, 6) is -1.28. The van der Waals surface area contributed by atoms with Crippen LogP contribution in [0.1, 0.15) is 17.0 Å². The monoisotopic (exact) mass is 251 g/mol. The Labute approximate surface area is 105 Å². The number of carbonyl (C=O) groups excluding carboxylic acids is 1. The van der Waals surface area contributed by atoms with Crippen molar-refractivity contribution >= 4 is 11.9 Å². The van der Waals surface area contributed by atoms with Crippen LogP contribution in [0.2, 0.25) is 0 Å². The molecule has 0 radical (unpaired) electrons. The standard InChI is InChI=1S/C12H17N3O3/c1-4-5-15(7-12(17)18)11(16)6-10-8(2)13-14-9(10)3/h4H,1,5-7H2,2-3H3,(H,13,14)(H,17,18). The molecule has 1 aromatic heterocycles. The fourth-order valence-corrected chi connectivity index (χ4v) is 1.67. The zero-order valence-electron chi connectivity index (χ0n) is 10.6. The third-order valence-corrected chi connectivity index (χ3v) is 2.64. The lowest BCUT2D eigenvalue weighted by atomic mass is 10.1. The van der Waals surface area contributed by atoms with E-state index in [0.717, 1.165) is 17.0 Å². The van der Waals surface area contributed by atoms with Crippen molar-refractivity contribution in [2.45, 2.75) is 20.3 Å². The maximum absolute atomic E-state index is 12.0. The van der Waals surface area contributed by atoms with Crippen LogP contribution >= 0.6 is 0 Å². The smallest absolute Gasteiger partial charge is 0.323 e. The first-order valence-electron chi connectivity index (χ1n) is 5.56. The summed E-state index contributed by atoms with van der Waals surface area (Å²) >= 11 is 0. The third kappa shape index (κ3) is 3.44. The van der Waals surface area contributed by atoms with Crippen LogP contribution in [0, 0.1) is 13.8 Å². The third-order valence-electron chi connectivity index (χ3n) is 2.64. The fraction of sp³-hybridized carbons (Fsp3) is 0.417. The van der Waals surface area contributed by atoms with Crippen LogP contribution in [-0.2, 0) is 16.0 Å². The molecule has 0 unspecified atom stereocenters. The molecular weight excluding hydrogens is 234 g/mol. The topological polar surface area (TPSA) is 86.3 Å². The van der Waals surface area contributed by atoms with Gasteiger partial charge in [-0.3, -0.25) is 14.7 Å². The number of H-pyrrole nitrogens is 1. The largest absolute Gasteiger partial charge is 0.480 e. The number of nitrogens with zero attached hydrogens (tertiary/aromatic N) is 2. The molecule has 1 heterocycles. The molecule has 6 heteroatoms. The summed E-state index contributed by atoms with van der Waals surface area (Å²) in [7, 11) is 0. The maximum Gasteiger partial charge on any atom is 0.323 e. The molecule has 1 rings (SSSR count). The molecule has 2 N–H and O–H groups in total. The normalized spacial score (nSPS) is 10.1. The quantitative estimate of drug-likeness (QED) is 0.727. The summed E-state index contributed by atoms with van der Waals surface area (Å²) < 4.78 is 0. The fourth-order valence-electron chi connectivity index (χ4n) is 1.67. The van der Waals surface area contributed by atoms with Gasteiger partial charge >= 0.3 is 5.97 Å². The highest BCUT2D eigenvalue weighted by atomic mass is 16.4. The van der Waals surface area contributed by atoms with Gasteiger partial charge in [-0.25, -0.2) is 0 Å². The molecule has 1 amide bonds. The first-order chi connectivity index (χ1) is 8.45. The molecule has 0 fully saturated rings. The van der Waals surface area contributed by atoms with Crippen molar-refractivity contribution in [3.8, 4) is 0 Å². The predicted octanol–water partition coefficient (Wildman–Crippen LogP) is 0.668. The second kappa shape index (κ2) is 6.00. The van der Waals surface area contributed by atoms with Crippen LogP contribution in [-0.4, -0.2) is 45.2 Å². The molecular formula is C12H17N3O3. The molecule has 18 heavy (non-hydrogen) atoms. The summed E-state index contributed by atoms with van der Waals surface area (Å²) in [5, 5.41) is 15.5. The number of aliphatic carboxylic acids is 1. The van der Waals surface area contributed by atoms with Crippen LogP contribution in [0.5, 0.6) is 0 Å². The molecule has 0 saturated heterocycles. The Morgan fingerprint density at radius 2 is 2.17 bits per heavy atom. The van der Waals surface area contributed by atoms with Gasteiger partial charge in [0.1, 0.15) is 6.54 Å². The van der Waals surface area contributed by atoms with Gasteiger partial charge in [-0.15, -0.1) is 6.58 Å². The van der Waals surface area contributed by atoms with Gasteiger partial charge in [-0.05, 0) is 13.8 Å². The van der Waals surface area contributed by atoms with Gasteiger partial charge in [0.05, 0.1) is 12.1 Å². The molecule has 1 aromatic rings. The number of aromatic nitrogens is 2. The van der Waals surface area contributed by atoms with Crippen molar-refractivity contribution in [3.05, 3.63) is 29.6 Å². The number of nitrogens with one attached hydrogen (secondary N) is 1. The number of carbonyl (C=O) groups is 2. The van der Waals surface area contributed by atoms with Gasteiger partial charge in [0.2, 0.25) is 5.91 Å². The predicted molar refractivity (Wildman–Crippen MR) is 66.2 cm³/mol. The average molecular weight is 251 g/mol. The van der Waals surface area contributed by atoms with Crippen LogP contribution in [0.15, 0.2) is 12.7 Å². The van der Waals surface area contributed by atoms with Gasteiger partial charge in [0.25, 0.3) is 0 Å². The minimum absolute atomic E-state index is 0.148. The Morgan fingerprint density at radius 3 is 2.61 bits per heavy atom. The van der Waals surface area contributed by atoms with E-state index in [2.05, 4.69) is 16.8 Å². The number of hydrogen-bond donors (Lipinski definition) is 2. The number of amides is 1. The molecule has 0 atom stereocenters. The zero-order chi connectivity index (χ0) is 13.7. The number of carboxylic acid groups (broad SMARTS) is 1. The molecule has 0 saturated carbocycles. The molecule has 98 valence electrons. The molecule has 0 aromatic carbocycles. The lowest BCUT2D eigenvalue weighted by Gasteiger charge is -2.18. The van der Waals surface area contributed by atoms with E-state index < -0.39 is 5.97 Å². The van der Waals surface area contributed by atoms with E-state index in [1.165, 1.54) is 11.0 Å². The second-order valence-electron chi connectivity index (χ2n) is 4.05. The lowest BCUT2D eigenvalue weighted by Crippen LogP contribution is -2.36. The van der Waals surface area contributed by atoms with Gasteiger partial charge in [-0.2, -0.15) is 5.10 Å². The Morgan fingerprint density at radius 1 is 1.50 bits per heavy atom. The van der Waals surface area contributed by atoms with Crippen molar-refractivity contribution in [1.29, 1.82) is 0 Å². The van der Waals surface area contributed by atoms with Gasteiger partial charge in [0.15, 0.2) is 0 Å². The first-order valence-corrected chi connectivity index (χ1v) is 5.56. The molecule has 6 nitrogen and oxygen atoms in total. The number of hydrogen-bond acceptors (Lipinski definition) is 3. The van der Waals surface area contributed by atoms with E-state index in [4.69, 9.17) is 5.11 Å². The van der Waals surface area contributed by atoms with Crippen LogP contribution < -0.4 is 0 Å². The SMILES string of the molecule is C=CCN(CC(=O)O)C(=O)Cc1c(C)n[nH]c1C. The van der Waals surface area contributed by atoms with Gasteiger partial charge in [-0.1, -0.05) is 6.08 Å². The van der Waals surface area contributed by atoms with E-state index in [1.807, 2.05) is 6.92 Å². The summed E-state index contributed by atoms with van der Waals surface area (Å²) in [6, 6.07) is 0. The van der Waals surface area contributed by atoms with E-state index in [1.54, 1.807) is 6.92 Å². The average Bonchev–Trinajstić information content (AvgIpc) is 2.59. The summed E-state index contributed by atoms with van der Waals surface area (Å²) in [5.41, 5.74) is 2.41. The van der Waals surface area contributed by atoms with Crippen LogP contribution in [0.25, 0.3) is 0 Å². The summed E-state index contributed by atoms with van der Waals surface area (Å²) in [6.45, 7) is 7.06. The van der Waals surface area contributed by atoms with E-state index in [0.29, 0.717) is 0 Å². The molecule has 0 aliphatic heterocycles. The highest BCUT2D eigenvalue weighted by molar-refractivity contribution is 5.83. The maximum atomic E-state index is 12.0. The Bertz CT molecular complexity index is 446. The number of aromatic amines is 1. The highest BCUT2D eigenvalue weighted by Crippen LogP contribution is 2.11. The van der Waals surface area contributed by atoms with E-state index in [-0.39, 0.29) is 25.4 Å². The van der Waals surface area contributed by atoms with Gasteiger partial charge < -0.3 is 10.0 Å². The molecule has 0 bridgehead atoms. The van der Waals surface area contributed by atoms with Gasteiger partial charge in [0, 0.05) is 17.8 Å². The summed E-state index contributed by atoms with van der Waals surface area (Å²) in [6.07, 6.45) is 1.66. The van der Waals surface area contributed by atoms with Crippen molar-refractivity contribution in [2.75, 3.05) is 13.1 Å². The Balaban J connectivity index is 2.78. The number of carboxylic acids is 1. The van der Waals surface area contributed by atoms with Crippen molar-refractivity contribution in [2.24, 2.45) is 0 Å². The second-order valence-corrected chi connectivity index (χ2v) is 4.05. The van der Waals surface area contributed by atoms with E-state index >= 15 is 0 Å². The molecule has 0 aliphatic rings. The summed E-state index contributed by atoms with van der Waals surface area (Å²) in [4.78, 5) is 23.9. The number of aryl methyl sites for hydroxylation is 2. The molecule has 0 aliphatic carbocycles. The first kappa shape index (κ1) is 14.0. The van der Waals surface area contributed by atoms with Crippen molar-refractivity contribution in [1.82, 2.24) is 15.1 Å². The minimum Gasteiger partial charge on any atom is -0.480 e. The van der Waals surface area contributed by atoms with E-state index in [9.17, 15) is 9.59 Å². The minimum atomic E-state index is -1.04. The molecule has 0 spiro atoms. The number of rotatable bonds is 6.